The molecule has 1 N–H and O–H groups in total. The summed E-state index contributed by atoms with van der Waals surface area (Å²) in [7, 11) is 0. The summed E-state index contributed by atoms with van der Waals surface area (Å²) in [6, 6.07) is 20.6. The minimum Gasteiger partial charge on any atom is -0.482 e. The zero-order chi connectivity index (χ0) is 25.8. The number of ether oxygens (including phenoxy) is 1. The van der Waals surface area contributed by atoms with Crippen molar-refractivity contribution in [2.24, 2.45) is 0 Å². The second kappa shape index (κ2) is 11.3. The first kappa shape index (κ1) is 25.9. The molecule has 0 spiro atoms. The molecule has 1 heterocycles. The Labute approximate surface area is 225 Å². The number of carbonyl (C=O) groups is 2. The van der Waals surface area contributed by atoms with E-state index in [1.54, 1.807) is 29.2 Å². The highest BCUT2D eigenvalue weighted by atomic mass is 35.5. The molecule has 5 nitrogen and oxygen atoms in total. The Balaban J connectivity index is 1.41. The quantitative estimate of drug-likeness (QED) is 0.262. The Morgan fingerprint density at radius 2 is 1.89 bits per heavy atom. The molecule has 4 rings (SSSR count). The van der Waals surface area contributed by atoms with Crippen LogP contribution in [0.1, 0.15) is 35.2 Å². The van der Waals surface area contributed by atoms with Gasteiger partial charge < -0.3 is 10.1 Å². The number of nitrogens with zero attached hydrogens (tertiary/aromatic N) is 1. The molecule has 0 aromatic heterocycles. The highest BCUT2D eigenvalue weighted by Gasteiger charge is 2.35. The van der Waals surface area contributed by atoms with Crippen LogP contribution >= 0.6 is 35.6 Å². The molecule has 1 saturated heterocycles. The number of hydrogen-bond donors (Lipinski definition) is 1. The van der Waals surface area contributed by atoms with Gasteiger partial charge in [-0.2, -0.15) is 0 Å². The molecule has 0 aliphatic carbocycles. The first-order valence-electron chi connectivity index (χ1n) is 11.3. The van der Waals surface area contributed by atoms with Gasteiger partial charge in [-0.15, -0.1) is 0 Å². The lowest BCUT2D eigenvalue weighted by Crippen LogP contribution is -2.30. The average Bonchev–Trinajstić information content (AvgIpc) is 3.13. The number of hydrogen-bond acceptors (Lipinski definition) is 5. The zero-order valence-electron chi connectivity index (χ0n) is 20.1. The summed E-state index contributed by atoms with van der Waals surface area (Å²) in [6.45, 7) is 5.72. The Bertz CT molecular complexity index is 1360. The van der Waals surface area contributed by atoms with Crippen LogP contribution < -0.4 is 10.1 Å². The number of carbonyl (C=O) groups excluding carboxylic acids is 2. The summed E-state index contributed by atoms with van der Waals surface area (Å²) in [4.78, 5) is 27.6. The van der Waals surface area contributed by atoms with Gasteiger partial charge in [-0.25, -0.2) is 0 Å². The second-order valence-corrected chi connectivity index (χ2v) is 10.6. The molecule has 1 fully saturated rings. The van der Waals surface area contributed by atoms with Gasteiger partial charge in [0.2, 0.25) is 0 Å². The second-order valence-electron chi connectivity index (χ2n) is 8.48. The van der Waals surface area contributed by atoms with E-state index >= 15 is 0 Å². The fourth-order valence-corrected chi connectivity index (χ4v) is 5.52. The predicted octanol–water partition coefficient (Wildman–Crippen LogP) is 6.94. The smallest absolute Gasteiger partial charge is 0.266 e. The maximum absolute atomic E-state index is 13.1. The largest absolute Gasteiger partial charge is 0.482 e. The summed E-state index contributed by atoms with van der Waals surface area (Å²) in [5, 5.41) is 3.19. The van der Waals surface area contributed by atoms with Crippen molar-refractivity contribution in [1.29, 1.82) is 0 Å². The van der Waals surface area contributed by atoms with E-state index < -0.39 is 0 Å². The standard InChI is InChI=1S/C28H25ClN2O3S2/c1-17-9-11-23(18(2)13-17)30-26(32)16-34-24-12-10-20(14-22(24)29)15-25-27(33)31(28(35)36-25)19(3)21-7-5-4-6-8-21/h4-15,19H,16H2,1-3H3,(H,30,32)/b25-15-/t19-/m0/s1. The topological polar surface area (TPSA) is 58.6 Å². The maximum Gasteiger partial charge on any atom is 0.266 e. The summed E-state index contributed by atoms with van der Waals surface area (Å²) in [5.74, 6) is -0.0333. The van der Waals surface area contributed by atoms with Crippen molar-refractivity contribution in [2.45, 2.75) is 26.8 Å². The fourth-order valence-electron chi connectivity index (χ4n) is 3.85. The third kappa shape index (κ3) is 5.98. The molecule has 1 aliphatic heterocycles. The van der Waals surface area contributed by atoms with E-state index in [0.29, 0.717) is 20.0 Å². The summed E-state index contributed by atoms with van der Waals surface area (Å²) in [5.41, 5.74) is 4.60. The molecule has 0 radical (unpaired) electrons. The number of anilines is 1. The van der Waals surface area contributed by atoms with Crippen LogP contribution in [0, 0.1) is 13.8 Å². The highest BCUT2D eigenvalue weighted by Crippen LogP contribution is 2.38. The van der Waals surface area contributed by atoms with Crippen molar-refractivity contribution >= 4 is 63.5 Å². The molecule has 36 heavy (non-hydrogen) atoms. The third-order valence-corrected chi connectivity index (χ3v) is 7.39. The van der Waals surface area contributed by atoms with Crippen LogP contribution in [0.4, 0.5) is 5.69 Å². The first-order valence-corrected chi connectivity index (χ1v) is 12.9. The summed E-state index contributed by atoms with van der Waals surface area (Å²) in [6.07, 6.45) is 1.76. The molecule has 1 atom stereocenters. The van der Waals surface area contributed by atoms with E-state index in [4.69, 9.17) is 28.6 Å². The van der Waals surface area contributed by atoms with Crippen molar-refractivity contribution in [3.8, 4) is 5.75 Å². The van der Waals surface area contributed by atoms with Crippen molar-refractivity contribution in [3.63, 3.8) is 0 Å². The third-order valence-electron chi connectivity index (χ3n) is 5.76. The molecule has 3 aromatic rings. The monoisotopic (exact) mass is 536 g/mol. The summed E-state index contributed by atoms with van der Waals surface area (Å²) < 4.78 is 6.15. The van der Waals surface area contributed by atoms with Gasteiger partial charge in [-0.3, -0.25) is 14.5 Å². The minimum atomic E-state index is -0.279. The molecule has 0 bridgehead atoms. The number of benzene rings is 3. The van der Waals surface area contributed by atoms with Crippen LogP contribution in [0.5, 0.6) is 5.75 Å². The molecule has 8 heteroatoms. The fraction of sp³-hybridized carbons (Fsp3) is 0.179. The van der Waals surface area contributed by atoms with E-state index in [1.165, 1.54) is 11.8 Å². The number of nitrogens with one attached hydrogen (secondary N) is 1. The highest BCUT2D eigenvalue weighted by molar-refractivity contribution is 8.26. The molecule has 3 aromatic carbocycles. The number of thiocarbonyl (C=S) groups is 1. The number of thioether (sulfide) groups is 1. The lowest BCUT2D eigenvalue weighted by atomic mass is 10.1. The van der Waals surface area contributed by atoms with E-state index in [2.05, 4.69) is 5.32 Å². The summed E-state index contributed by atoms with van der Waals surface area (Å²) >= 11 is 13.2. The van der Waals surface area contributed by atoms with Gasteiger partial charge in [0.05, 0.1) is 16.0 Å². The van der Waals surface area contributed by atoms with E-state index in [9.17, 15) is 9.59 Å². The van der Waals surface area contributed by atoms with Gasteiger partial charge in [-0.1, -0.05) is 89.7 Å². The van der Waals surface area contributed by atoms with Crippen molar-refractivity contribution < 1.29 is 14.3 Å². The van der Waals surface area contributed by atoms with Crippen LogP contribution in [0.2, 0.25) is 5.02 Å². The lowest BCUT2D eigenvalue weighted by molar-refractivity contribution is -0.123. The van der Waals surface area contributed by atoms with Gasteiger partial charge in [0, 0.05) is 5.69 Å². The van der Waals surface area contributed by atoms with Gasteiger partial charge >= 0.3 is 0 Å². The lowest BCUT2D eigenvalue weighted by Gasteiger charge is -2.23. The van der Waals surface area contributed by atoms with Crippen LogP contribution in [0.25, 0.3) is 6.08 Å². The van der Waals surface area contributed by atoms with Crippen LogP contribution in [-0.2, 0) is 9.59 Å². The number of rotatable bonds is 7. The first-order chi connectivity index (χ1) is 17.2. The van der Waals surface area contributed by atoms with Crippen molar-refractivity contribution in [3.05, 3.63) is 98.9 Å². The molecule has 184 valence electrons. The Morgan fingerprint density at radius 1 is 1.14 bits per heavy atom. The minimum absolute atomic E-state index is 0.138. The van der Waals surface area contributed by atoms with Crippen molar-refractivity contribution in [1.82, 2.24) is 4.90 Å². The number of aryl methyl sites for hydroxylation is 2. The molecular formula is C28H25ClN2O3S2. The molecule has 2 amide bonds. The zero-order valence-corrected chi connectivity index (χ0v) is 22.5. The van der Waals surface area contributed by atoms with Crippen LogP contribution in [0.3, 0.4) is 0 Å². The van der Waals surface area contributed by atoms with E-state index in [1.807, 2.05) is 69.3 Å². The Hall–Kier alpha value is -3.13. The number of halogens is 1. The molecule has 1 aliphatic rings. The van der Waals surface area contributed by atoms with Crippen molar-refractivity contribution in [2.75, 3.05) is 11.9 Å². The number of amides is 2. The van der Waals surface area contributed by atoms with Gasteiger partial charge in [0.15, 0.2) is 6.61 Å². The molecular weight excluding hydrogens is 512 g/mol. The van der Waals surface area contributed by atoms with E-state index in [0.717, 1.165) is 27.9 Å². The van der Waals surface area contributed by atoms with Crippen LogP contribution in [-0.4, -0.2) is 27.6 Å². The molecule has 0 unspecified atom stereocenters. The SMILES string of the molecule is Cc1ccc(NC(=O)COc2ccc(/C=C3\SC(=S)N([C@@H](C)c4ccccc4)C3=O)cc2Cl)c(C)c1. The van der Waals surface area contributed by atoms with E-state index in [-0.39, 0.29) is 24.5 Å². The Kier molecular flexibility index (Phi) is 8.14. The average molecular weight is 537 g/mol. The van der Waals surface area contributed by atoms with Gasteiger partial charge in [-0.05, 0) is 61.7 Å². The van der Waals surface area contributed by atoms with Crippen LogP contribution in [0.15, 0.2) is 71.6 Å². The normalized spacial score (nSPS) is 15.3. The predicted molar refractivity (Wildman–Crippen MR) is 151 cm³/mol. The molecule has 0 saturated carbocycles. The van der Waals surface area contributed by atoms with Gasteiger partial charge in [0.1, 0.15) is 10.1 Å². The van der Waals surface area contributed by atoms with Gasteiger partial charge in [0.25, 0.3) is 11.8 Å². The Morgan fingerprint density at radius 3 is 2.58 bits per heavy atom. The maximum atomic E-state index is 13.1.